The molecule has 0 radical (unpaired) electrons. The van der Waals surface area contributed by atoms with Crippen molar-refractivity contribution in [1.29, 1.82) is 0 Å². The quantitative estimate of drug-likeness (QED) is 0.485. The van der Waals surface area contributed by atoms with E-state index in [1.54, 1.807) is 0 Å². The molecule has 0 aromatic heterocycles. The molecule has 1 fully saturated rings. The summed E-state index contributed by atoms with van der Waals surface area (Å²) in [7, 11) is 5.62. The molecule has 1 aliphatic rings. The van der Waals surface area contributed by atoms with Gasteiger partial charge in [0.15, 0.2) is 6.10 Å². The number of hydrogen-bond donors (Lipinski definition) is 0. The van der Waals surface area contributed by atoms with Crippen molar-refractivity contribution in [2.24, 2.45) is 0 Å². The van der Waals surface area contributed by atoms with E-state index in [9.17, 15) is 0 Å². The molecule has 3 atom stereocenters. The van der Waals surface area contributed by atoms with E-state index in [0.29, 0.717) is 0 Å². The SMILES string of the molecule is C#CC1OP(=S)(N(C)C)N(C)C1C#C. The number of hydrogen-bond acceptors (Lipinski definition) is 2. The van der Waals surface area contributed by atoms with E-state index in [2.05, 4.69) is 11.8 Å². The van der Waals surface area contributed by atoms with Crippen molar-refractivity contribution in [2.75, 3.05) is 21.1 Å². The standard InChI is InChI=1S/C9H13N2OPS/c1-6-8-9(7-2)12-13(14,10(3)4)11(8)5/h1-2,8-9H,3-5H3. The summed E-state index contributed by atoms with van der Waals surface area (Å²) in [4.78, 5) is 0. The second kappa shape index (κ2) is 4.03. The summed E-state index contributed by atoms with van der Waals surface area (Å²) in [5.74, 6) is 5.15. The van der Waals surface area contributed by atoms with Crippen LogP contribution >= 0.6 is 6.57 Å². The van der Waals surface area contributed by atoms with Crippen LogP contribution in [0.15, 0.2) is 0 Å². The number of nitrogens with zero attached hydrogens (tertiary/aromatic N) is 2. The van der Waals surface area contributed by atoms with Crippen molar-refractivity contribution >= 4 is 18.4 Å². The van der Waals surface area contributed by atoms with E-state index in [1.807, 2.05) is 30.5 Å². The van der Waals surface area contributed by atoms with Gasteiger partial charge in [0.05, 0.1) is 0 Å². The van der Waals surface area contributed by atoms with Crippen LogP contribution in [0.25, 0.3) is 0 Å². The van der Waals surface area contributed by atoms with E-state index in [-0.39, 0.29) is 6.04 Å². The van der Waals surface area contributed by atoms with Crippen LogP contribution in [0.4, 0.5) is 0 Å². The first kappa shape index (κ1) is 11.7. The first-order chi connectivity index (χ1) is 6.47. The molecule has 0 aromatic carbocycles. The highest BCUT2D eigenvalue weighted by Crippen LogP contribution is 2.59. The predicted octanol–water partition coefficient (Wildman–Crippen LogP) is 0.738. The van der Waals surface area contributed by atoms with Gasteiger partial charge in [-0.25, -0.2) is 9.34 Å². The fourth-order valence-corrected chi connectivity index (χ4v) is 3.79. The van der Waals surface area contributed by atoms with Crippen LogP contribution in [0, 0.1) is 24.7 Å². The molecule has 76 valence electrons. The molecule has 3 unspecified atom stereocenters. The fourth-order valence-electron chi connectivity index (χ4n) is 1.33. The Kier molecular flexibility index (Phi) is 3.37. The van der Waals surface area contributed by atoms with Gasteiger partial charge in [-0.05, 0) is 32.9 Å². The molecule has 0 bridgehead atoms. The van der Waals surface area contributed by atoms with Gasteiger partial charge < -0.3 is 4.52 Å². The van der Waals surface area contributed by atoms with Crippen LogP contribution in [0.3, 0.4) is 0 Å². The van der Waals surface area contributed by atoms with Crippen LogP contribution in [-0.4, -0.2) is 42.6 Å². The first-order valence-corrected chi connectivity index (χ1v) is 6.71. The third-order valence-corrected chi connectivity index (χ3v) is 6.75. The highest BCUT2D eigenvalue weighted by atomic mass is 32.5. The molecule has 0 spiro atoms. The topological polar surface area (TPSA) is 15.7 Å². The van der Waals surface area contributed by atoms with Crippen molar-refractivity contribution < 1.29 is 4.52 Å². The smallest absolute Gasteiger partial charge is 0.205 e. The Hall–Kier alpha value is -0.350. The van der Waals surface area contributed by atoms with Gasteiger partial charge in [0.2, 0.25) is 6.57 Å². The Labute approximate surface area is 90.6 Å². The molecule has 0 aliphatic carbocycles. The molecule has 1 aliphatic heterocycles. The molecule has 3 nitrogen and oxygen atoms in total. The van der Waals surface area contributed by atoms with Crippen LogP contribution in [0.1, 0.15) is 0 Å². The van der Waals surface area contributed by atoms with Gasteiger partial charge >= 0.3 is 0 Å². The summed E-state index contributed by atoms with van der Waals surface area (Å²) in [5, 5.41) is 0. The molecular weight excluding hydrogens is 215 g/mol. The predicted molar refractivity (Wildman–Crippen MR) is 62.1 cm³/mol. The lowest BCUT2D eigenvalue weighted by Gasteiger charge is -2.29. The Balaban J connectivity index is 3.06. The van der Waals surface area contributed by atoms with Crippen molar-refractivity contribution in [3.63, 3.8) is 0 Å². The van der Waals surface area contributed by atoms with Crippen molar-refractivity contribution in [2.45, 2.75) is 12.1 Å². The maximum Gasteiger partial charge on any atom is 0.205 e. The number of terminal acetylenes is 2. The number of rotatable bonds is 1. The molecule has 1 heterocycles. The summed E-state index contributed by atoms with van der Waals surface area (Å²) < 4.78 is 9.45. The van der Waals surface area contributed by atoms with Gasteiger partial charge in [0.1, 0.15) is 6.04 Å². The summed E-state index contributed by atoms with van der Waals surface area (Å²) in [6, 6.07) is -0.215. The molecule has 0 amide bonds. The normalized spacial score (nSPS) is 38.1. The van der Waals surface area contributed by atoms with E-state index >= 15 is 0 Å². The first-order valence-electron chi connectivity index (χ1n) is 4.09. The molecule has 1 saturated heterocycles. The molecule has 0 saturated carbocycles. The Morgan fingerprint density at radius 1 is 1.43 bits per heavy atom. The lowest BCUT2D eigenvalue weighted by atomic mass is 10.2. The van der Waals surface area contributed by atoms with Crippen molar-refractivity contribution in [3.8, 4) is 24.7 Å². The zero-order valence-corrected chi connectivity index (χ0v) is 10.2. The Morgan fingerprint density at radius 3 is 2.29 bits per heavy atom. The van der Waals surface area contributed by atoms with Crippen LogP contribution < -0.4 is 0 Å². The van der Waals surface area contributed by atoms with Gasteiger partial charge in [-0.2, -0.15) is 0 Å². The highest BCUT2D eigenvalue weighted by molar-refractivity contribution is 8.10. The molecular formula is C9H13N2OPS. The average Bonchev–Trinajstić information content (AvgIpc) is 2.40. The Bertz CT molecular complexity index is 355. The highest BCUT2D eigenvalue weighted by Gasteiger charge is 2.44. The lowest BCUT2D eigenvalue weighted by molar-refractivity contribution is 0.287. The van der Waals surface area contributed by atoms with Crippen LogP contribution in [-0.2, 0) is 16.3 Å². The minimum absolute atomic E-state index is 0.215. The van der Waals surface area contributed by atoms with Gasteiger partial charge in [-0.1, -0.05) is 11.8 Å². The number of likely N-dealkylation sites (N-methyl/N-ethyl adjacent to an activating group) is 1. The van der Waals surface area contributed by atoms with E-state index in [1.165, 1.54) is 0 Å². The minimum Gasteiger partial charge on any atom is -0.307 e. The minimum atomic E-state index is -2.16. The summed E-state index contributed by atoms with van der Waals surface area (Å²) in [6.07, 6.45) is 10.3. The second-order valence-electron chi connectivity index (χ2n) is 3.22. The fraction of sp³-hybridized carbons (Fsp3) is 0.556. The molecule has 5 heteroatoms. The summed E-state index contributed by atoms with van der Waals surface area (Å²) in [6.45, 7) is -2.16. The third-order valence-electron chi connectivity index (χ3n) is 2.18. The zero-order chi connectivity index (χ0) is 10.9. The van der Waals surface area contributed by atoms with Gasteiger partial charge in [-0.3, -0.25) is 0 Å². The van der Waals surface area contributed by atoms with Crippen molar-refractivity contribution in [1.82, 2.24) is 9.34 Å². The van der Waals surface area contributed by atoms with E-state index < -0.39 is 12.7 Å². The molecule has 1 rings (SSSR count). The third kappa shape index (κ3) is 1.61. The largest absolute Gasteiger partial charge is 0.307 e. The maximum atomic E-state index is 5.67. The van der Waals surface area contributed by atoms with E-state index in [0.717, 1.165) is 0 Å². The molecule has 0 aromatic rings. The van der Waals surface area contributed by atoms with E-state index in [4.69, 9.17) is 29.2 Å². The van der Waals surface area contributed by atoms with Crippen LogP contribution in [0.2, 0.25) is 0 Å². The van der Waals surface area contributed by atoms with Crippen molar-refractivity contribution in [3.05, 3.63) is 0 Å². The Morgan fingerprint density at radius 2 is 2.00 bits per heavy atom. The molecule has 0 N–H and O–H groups in total. The molecule has 14 heavy (non-hydrogen) atoms. The summed E-state index contributed by atoms with van der Waals surface area (Å²) in [5.41, 5.74) is 0. The van der Waals surface area contributed by atoms with Crippen LogP contribution in [0.5, 0.6) is 0 Å². The summed E-state index contributed by atoms with van der Waals surface area (Å²) >= 11 is 5.45. The zero-order valence-electron chi connectivity index (χ0n) is 8.47. The van der Waals surface area contributed by atoms with Gasteiger partial charge in [0.25, 0.3) is 0 Å². The lowest BCUT2D eigenvalue weighted by Crippen LogP contribution is -2.30. The monoisotopic (exact) mass is 228 g/mol. The van der Waals surface area contributed by atoms with Gasteiger partial charge in [0, 0.05) is 0 Å². The second-order valence-corrected chi connectivity index (χ2v) is 7.27. The average molecular weight is 228 g/mol. The maximum absolute atomic E-state index is 5.67. The van der Waals surface area contributed by atoms with Gasteiger partial charge in [-0.15, -0.1) is 12.8 Å².